The molecule has 0 saturated heterocycles. The summed E-state index contributed by atoms with van der Waals surface area (Å²) in [7, 11) is 1.96. The number of nitrogens with zero attached hydrogens (tertiary/aromatic N) is 7. The molecule has 3 heterocycles. The van der Waals surface area contributed by atoms with E-state index in [9.17, 15) is 0 Å². The average Bonchev–Trinajstić information content (AvgIpc) is 3.80. The Hall–Kier alpha value is -5.53. The summed E-state index contributed by atoms with van der Waals surface area (Å²) >= 11 is 0. The number of hydrogen-bond donors (Lipinski definition) is 0. The van der Waals surface area contributed by atoms with E-state index in [1.165, 1.54) is 0 Å². The molecule has 0 radical (unpaired) electrons. The summed E-state index contributed by atoms with van der Waals surface area (Å²) in [6, 6.07) is 17.0. The largest absolute Gasteiger partial charge is 0.492 e. The molecule has 49 heavy (non-hydrogen) atoms. The standard InChI is InChI=1S/C36H42N7O6/c1-4-16-44-20-22-48-33-10-6-31(7-11-33)46-18-14-42-27-35(37-39-42)29-24-30(26-41(3)25-29)36-28-43(40-38-36)15-19-47-32-8-12-34(13-9-32)49-23-21-45-17-5-2/h4-13,24-28H,1-2,14-23H2,3H3/q+1. The number of pyridine rings is 1. The third kappa shape index (κ3) is 11.3. The monoisotopic (exact) mass is 668 g/mol. The van der Waals surface area contributed by atoms with Crippen LogP contribution >= 0.6 is 0 Å². The maximum Gasteiger partial charge on any atom is 0.178 e. The predicted octanol–water partition coefficient (Wildman–Crippen LogP) is 4.35. The first-order valence-corrected chi connectivity index (χ1v) is 16.0. The number of benzene rings is 2. The van der Waals surface area contributed by atoms with Crippen LogP contribution in [-0.4, -0.2) is 82.8 Å². The molecular weight excluding hydrogens is 626 g/mol. The minimum Gasteiger partial charge on any atom is -0.492 e. The van der Waals surface area contributed by atoms with Gasteiger partial charge in [0.15, 0.2) is 12.4 Å². The van der Waals surface area contributed by atoms with Gasteiger partial charge in [-0.05, 0) is 54.6 Å². The summed E-state index contributed by atoms with van der Waals surface area (Å²) in [5.41, 5.74) is 3.31. The Kier molecular flexibility index (Phi) is 13.3. The highest BCUT2D eigenvalue weighted by atomic mass is 16.5. The zero-order valence-corrected chi connectivity index (χ0v) is 27.7. The van der Waals surface area contributed by atoms with Crippen molar-refractivity contribution in [2.24, 2.45) is 7.05 Å². The molecule has 0 aliphatic carbocycles. The van der Waals surface area contributed by atoms with Gasteiger partial charge in [0.05, 0.1) is 63.0 Å². The number of aromatic nitrogens is 7. The van der Waals surface area contributed by atoms with Gasteiger partial charge < -0.3 is 28.4 Å². The molecule has 0 spiro atoms. The van der Waals surface area contributed by atoms with E-state index in [2.05, 4.69) is 33.8 Å². The third-order valence-corrected chi connectivity index (χ3v) is 6.96. The molecule has 3 aromatic heterocycles. The van der Waals surface area contributed by atoms with Crippen LogP contribution in [0.5, 0.6) is 23.0 Å². The topological polar surface area (TPSA) is 121 Å². The fourth-order valence-electron chi connectivity index (χ4n) is 4.63. The quantitative estimate of drug-likeness (QED) is 0.0598. The van der Waals surface area contributed by atoms with Crippen molar-refractivity contribution in [2.45, 2.75) is 13.1 Å². The number of aryl methyl sites for hydroxylation is 1. The highest BCUT2D eigenvalue weighted by Crippen LogP contribution is 2.22. The second-order valence-electron chi connectivity index (χ2n) is 10.8. The molecular formula is C36H42N7O6+. The predicted molar refractivity (Wildman–Crippen MR) is 183 cm³/mol. The van der Waals surface area contributed by atoms with Crippen molar-refractivity contribution in [3.05, 3.63) is 105 Å². The molecule has 5 rings (SSSR count). The van der Waals surface area contributed by atoms with E-state index in [-0.39, 0.29) is 0 Å². The Balaban J connectivity index is 1.07. The molecule has 2 aromatic carbocycles. The van der Waals surface area contributed by atoms with Gasteiger partial charge in [-0.15, -0.1) is 23.4 Å². The molecule has 0 aliphatic rings. The second kappa shape index (κ2) is 18.7. The zero-order valence-electron chi connectivity index (χ0n) is 27.7. The fourth-order valence-corrected chi connectivity index (χ4v) is 4.63. The van der Waals surface area contributed by atoms with E-state index in [0.717, 1.165) is 45.5 Å². The first kappa shape index (κ1) is 34.8. The summed E-state index contributed by atoms with van der Waals surface area (Å²) in [5.74, 6) is 3.01. The number of ether oxygens (including phenoxy) is 6. The molecule has 0 bridgehead atoms. The minimum atomic E-state index is 0.436. The molecule has 0 N–H and O–H groups in total. The van der Waals surface area contributed by atoms with Crippen molar-refractivity contribution in [3.63, 3.8) is 0 Å². The Morgan fingerprint density at radius 2 is 0.980 bits per heavy atom. The zero-order chi connectivity index (χ0) is 34.1. The van der Waals surface area contributed by atoms with Crippen LogP contribution in [0.25, 0.3) is 22.5 Å². The maximum absolute atomic E-state index is 5.89. The molecule has 0 unspecified atom stereocenters. The SMILES string of the molecule is C=CCOCCOc1ccc(OCCn2cc(-c3cc(-c4cn(CCOc5ccc(OCCOCC=C)cc5)nn4)c[n+](C)c3)nn2)cc1. The first-order chi connectivity index (χ1) is 24.1. The lowest BCUT2D eigenvalue weighted by Crippen LogP contribution is -2.27. The first-order valence-electron chi connectivity index (χ1n) is 16.0. The van der Waals surface area contributed by atoms with Crippen LogP contribution < -0.4 is 23.5 Å². The van der Waals surface area contributed by atoms with Crippen LogP contribution in [0, 0.1) is 0 Å². The van der Waals surface area contributed by atoms with Crippen LogP contribution in [-0.2, 0) is 29.6 Å². The van der Waals surface area contributed by atoms with E-state index in [4.69, 9.17) is 28.4 Å². The van der Waals surface area contributed by atoms with Crippen LogP contribution in [0.2, 0.25) is 0 Å². The van der Waals surface area contributed by atoms with E-state index in [1.807, 2.05) is 91.0 Å². The minimum absolute atomic E-state index is 0.436. The van der Waals surface area contributed by atoms with Crippen LogP contribution in [0.15, 0.2) is 105 Å². The lowest BCUT2D eigenvalue weighted by atomic mass is 10.1. The summed E-state index contributed by atoms with van der Waals surface area (Å²) in [6.07, 6.45) is 11.2. The smallest absolute Gasteiger partial charge is 0.178 e. The van der Waals surface area contributed by atoms with Gasteiger partial charge in [-0.2, -0.15) is 0 Å². The molecule has 0 amide bonds. The van der Waals surface area contributed by atoms with Crippen molar-refractivity contribution in [2.75, 3.05) is 52.9 Å². The second-order valence-corrected chi connectivity index (χ2v) is 10.8. The van der Waals surface area contributed by atoms with E-state index >= 15 is 0 Å². The van der Waals surface area contributed by atoms with Crippen molar-refractivity contribution < 1.29 is 33.0 Å². The summed E-state index contributed by atoms with van der Waals surface area (Å²) in [6.45, 7) is 12.2. The Morgan fingerprint density at radius 3 is 1.37 bits per heavy atom. The molecule has 0 aliphatic heterocycles. The summed E-state index contributed by atoms with van der Waals surface area (Å²) in [5, 5.41) is 17.4. The lowest BCUT2D eigenvalue weighted by molar-refractivity contribution is -0.670. The van der Waals surface area contributed by atoms with Crippen LogP contribution in [0.4, 0.5) is 0 Å². The van der Waals surface area contributed by atoms with Crippen LogP contribution in [0.3, 0.4) is 0 Å². The molecule has 13 nitrogen and oxygen atoms in total. The Labute approximate surface area is 285 Å². The molecule has 0 fully saturated rings. The highest BCUT2D eigenvalue weighted by Gasteiger charge is 2.14. The molecule has 256 valence electrons. The van der Waals surface area contributed by atoms with E-state index in [0.29, 0.717) is 65.9 Å². The fraction of sp³-hybridized carbons (Fsp3) is 0.306. The lowest BCUT2D eigenvalue weighted by Gasteiger charge is -2.09. The number of rotatable bonds is 22. The van der Waals surface area contributed by atoms with Crippen molar-refractivity contribution in [1.29, 1.82) is 0 Å². The summed E-state index contributed by atoms with van der Waals surface area (Å²) in [4.78, 5) is 0. The maximum atomic E-state index is 5.89. The van der Waals surface area contributed by atoms with E-state index in [1.54, 1.807) is 21.5 Å². The Bertz CT molecular complexity index is 1610. The van der Waals surface area contributed by atoms with Crippen LogP contribution in [0.1, 0.15) is 0 Å². The van der Waals surface area contributed by atoms with E-state index < -0.39 is 0 Å². The highest BCUT2D eigenvalue weighted by molar-refractivity contribution is 5.65. The van der Waals surface area contributed by atoms with Gasteiger partial charge in [0.25, 0.3) is 0 Å². The molecule has 0 saturated carbocycles. The average molecular weight is 669 g/mol. The van der Waals surface area contributed by atoms with Gasteiger partial charge in [0.2, 0.25) is 0 Å². The van der Waals surface area contributed by atoms with Gasteiger partial charge in [0.1, 0.15) is 67.9 Å². The van der Waals surface area contributed by atoms with Gasteiger partial charge >= 0.3 is 0 Å². The molecule has 13 heteroatoms. The molecule has 5 aromatic rings. The van der Waals surface area contributed by atoms with Crippen molar-refractivity contribution >= 4 is 0 Å². The normalized spacial score (nSPS) is 10.9. The van der Waals surface area contributed by atoms with Crippen molar-refractivity contribution in [3.8, 4) is 45.5 Å². The molecule has 0 atom stereocenters. The van der Waals surface area contributed by atoms with Crippen molar-refractivity contribution in [1.82, 2.24) is 30.0 Å². The Morgan fingerprint density at radius 1 is 0.592 bits per heavy atom. The van der Waals surface area contributed by atoms with Gasteiger partial charge in [-0.1, -0.05) is 22.6 Å². The number of hydrogen-bond acceptors (Lipinski definition) is 10. The summed E-state index contributed by atoms with van der Waals surface area (Å²) < 4.78 is 39.3. The van der Waals surface area contributed by atoms with Gasteiger partial charge in [-0.25, -0.2) is 13.9 Å². The van der Waals surface area contributed by atoms with Gasteiger partial charge in [-0.3, -0.25) is 0 Å². The van der Waals surface area contributed by atoms with Gasteiger partial charge in [0, 0.05) is 0 Å². The third-order valence-electron chi connectivity index (χ3n) is 6.96.